The molecule has 1 N–H and O–H groups in total. The van der Waals surface area contributed by atoms with Gasteiger partial charge in [0, 0.05) is 21.9 Å². The third-order valence-corrected chi connectivity index (χ3v) is 3.28. The average molecular weight is 339 g/mol. The van der Waals surface area contributed by atoms with E-state index in [1.54, 1.807) is 0 Å². The van der Waals surface area contributed by atoms with Crippen LogP contribution in [0.15, 0.2) is 42.6 Å². The lowest BCUT2D eigenvalue weighted by atomic mass is 10.0. The molecule has 0 aliphatic heterocycles. The van der Waals surface area contributed by atoms with Gasteiger partial charge in [-0.05, 0) is 58.8 Å². The highest BCUT2D eigenvalue weighted by Crippen LogP contribution is 2.19. The van der Waals surface area contributed by atoms with Crippen LogP contribution in [-0.2, 0) is 6.42 Å². The zero-order valence-electron chi connectivity index (χ0n) is 9.60. The minimum atomic E-state index is -0.486. The molecule has 0 saturated carbocycles. The first-order valence-corrected chi connectivity index (χ1v) is 6.58. The van der Waals surface area contributed by atoms with Crippen molar-refractivity contribution in [3.8, 4) is 0 Å². The number of rotatable bonds is 3. The topological polar surface area (TPSA) is 33.1 Å². The lowest BCUT2D eigenvalue weighted by Gasteiger charge is -2.11. The fourth-order valence-electron chi connectivity index (χ4n) is 1.65. The predicted molar refractivity (Wildman–Crippen MR) is 76.8 cm³/mol. The van der Waals surface area contributed by atoms with E-state index in [0.717, 1.165) is 20.4 Å². The Hall–Kier alpha value is -0.940. The van der Waals surface area contributed by atoms with Crippen molar-refractivity contribution in [1.82, 2.24) is 4.98 Å². The highest BCUT2D eigenvalue weighted by atomic mass is 127. The molecule has 0 radical (unpaired) electrons. The largest absolute Gasteiger partial charge is 0.388 e. The van der Waals surface area contributed by atoms with Gasteiger partial charge in [-0.1, -0.05) is 18.2 Å². The van der Waals surface area contributed by atoms with Crippen molar-refractivity contribution in [2.75, 3.05) is 0 Å². The highest BCUT2D eigenvalue weighted by Gasteiger charge is 2.09. The molecule has 1 heterocycles. The van der Waals surface area contributed by atoms with E-state index in [1.165, 1.54) is 0 Å². The van der Waals surface area contributed by atoms with Crippen LogP contribution in [0.3, 0.4) is 0 Å². The fraction of sp³-hybridized carbons (Fsp3) is 0.214. The zero-order chi connectivity index (χ0) is 12.3. The van der Waals surface area contributed by atoms with Crippen LogP contribution in [-0.4, -0.2) is 10.1 Å². The van der Waals surface area contributed by atoms with Gasteiger partial charge in [0.05, 0.1) is 6.10 Å². The second kappa shape index (κ2) is 5.60. The molecule has 0 bridgehead atoms. The lowest BCUT2D eigenvalue weighted by Crippen LogP contribution is -2.03. The van der Waals surface area contributed by atoms with E-state index >= 15 is 0 Å². The van der Waals surface area contributed by atoms with Crippen molar-refractivity contribution < 1.29 is 5.11 Å². The Morgan fingerprint density at radius 2 is 2.12 bits per heavy atom. The summed E-state index contributed by atoms with van der Waals surface area (Å²) >= 11 is 2.25. The monoisotopic (exact) mass is 339 g/mol. The van der Waals surface area contributed by atoms with Crippen molar-refractivity contribution in [2.24, 2.45) is 0 Å². The molecular formula is C14H14INO. The predicted octanol–water partition coefficient (Wildman–Crippen LogP) is 3.27. The Morgan fingerprint density at radius 3 is 2.76 bits per heavy atom. The van der Waals surface area contributed by atoms with Gasteiger partial charge in [-0.2, -0.15) is 0 Å². The van der Waals surface area contributed by atoms with E-state index in [2.05, 4.69) is 27.6 Å². The second-order valence-electron chi connectivity index (χ2n) is 4.10. The molecule has 0 spiro atoms. The molecule has 3 heteroatoms. The summed E-state index contributed by atoms with van der Waals surface area (Å²) in [5.74, 6) is 0. The summed E-state index contributed by atoms with van der Waals surface area (Å²) in [5.41, 5.74) is 3.00. The third kappa shape index (κ3) is 3.51. The molecule has 1 aromatic carbocycles. The standard InChI is InChI=1S/C14H14INO/c1-10-5-6-13(16-9-10)8-14(17)11-3-2-4-12(15)7-11/h2-7,9,14,17H,8H2,1H3. The summed E-state index contributed by atoms with van der Waals surface area (Å²) in [5, 5.41) is 10.1. The van der Waals surface area contributed by atoms with E-state index in [-0.39, 0.29) is 0 Å². The van der Waals surface area contributed by atoms with Crippen molar-refractivity contribution in [1.29, 1.82) is 0 Å². The minimum Gasteiger partial charge on any atom is -0.388 e. The van der Waals surface area contributed by atoms with Crippen LogP contribution in [0.5, 0.6) is 0 Å². The number of halogens is 1. The molecule has 0 fully saturated rings. The summed E-state index contributed by atoms with van der Waals surface area (Å²) in [6, 6.07) is 11.9. The molecule has 0 aliphatic carbocycles. The first kappa shape index (κ1) is 12.5. The van der Waals surface area contributed by atoms with Crippen LogP contribution in [0.2, 0.25) is 0 Å². The molecule has 17 heavy (non-hydrogen) atoms. The fourth-order valence-corrected chi connectivity index (χ4v) is 2.22. The van der Waals surface area contributed by atoms with Crippen LogP contribution < -0.4 is 0 Å². The molecule has 1 unspecified atom stereocenters. The van der Waals surface area contributed by atoms with Crippen molar-refractivity contribution in [3.63, 3.8) is 0 Å². The first-order chi connectivity index (χ1) is 8.15. The summed E-state index contributed by atoms with van der Waals surface area (Å²) in [6.45, 7) is 2.01. The van der Waals surface area contributed by atoms with Crippen LogP contribution in [0, 0.1) is 10.5 Å². The van der Waals surface area contributed by atoms with Gasteiger partial charge in [0.25, 0.3) is 0 Å². The van der Waals surface area contributed by atoms with Gasteiger partial charge in [0.2, 0.25) is 0 Å². The number of aromatic nitrogens is 1. The maximum Gasteiger partial charge on any atom is 0.0845 e. The smallest absolute Gasteiger partial charge is 0.0845 e. The van der Waals surface area contributed by atoms with Gasteiger partial charge in [-0.25, -0.2) is 0 Å². The Labute approximate surface area is 115 Å². The quantitative estimate of drug-likeness (QED) is 0.871. The van der Waals surface area contributed by atoms with Crippen molar-refractivity contribution in [3.05, 3.63) is 63.0 Å². The van der Waals surface area contributed by atoms with Crippen LogP contribution >= 0.6 is 22.6 Å². The van der Waals surface area contributed by atoms with Gasteiger partial charge in [-0.3, -0.25) is 4.98 Å². The van der Waals surface area contributed by atoms with E-state index in [4.69, 9.17) is 0 Å². The second-order valence-corrected chi connectivity index (χ2v) is 5.35. The molecular weight excluding hydrogens is 325 g/mol. The Bertz CT molecular complexity index is 496. The molecule has 2 aromatic rings. The van der Waals surface area contributed by atoms with Gasteiger partial charge in [0.15, 0.2) is 0 Å². The third-order valence-electron chi connectivity index (χ3n) is 2.61. The molecule has 1 aromatic heterocycles. The normalized spacial score (nSPS) is 12.4. The highest BCUT2D eigenvalue weighted by molar-refractivity contribution is 14.1. The Morgan fingerprint density at radius 1 is 1.29 bits per heavy atom. The number of aliphatic hydroxyl groups excluding tert-OH is 1. The van der Waals surface area contributed by atoms with Gasteiger partial charge in [-0.15, -0.1) is 0 Å². The first-order valence-electron chi connectivity index (χ1n) is 5.50. The lowest BCUT2D eigenvalue weighted by molar-refractivity contribution is 0.177. The maximum atomic E-state index is 10.1. The Kier molecular flexibility index (Phi) is 4.12. The Balaban J connectivity index is 2.11. The van der Waals surface area contributed by atoms with E-state index in [9.17, 15) is 5.11 Å². The molecule has 2 nitrogen and oxygen atoms in total. The van der Waals surface area contributed by atoms with E-state index in [0.29, 0.717) is 6.42 Å². The van der Waals surface area contributed by atoms with Gasteiger partial charge >= 0.3 is 0 Å². The van der Waals surface area contributed by atoms with Crippen molar-refractivity contribution >= 4 is 22.6 Å². The number of aliphatic hydroxyl groups is 1. The van der Waals surface area contributed by atoms with Gasteiger partial charge < -0.3 is 5.11 Å². The molecule has 0 saturated heterocycles. The molecule has 0 aliphatic rings. The van der Waals surface area contributed by atoms with Crippen LogP contribution in [0.4, 0.5) is 0 Å². The number of aryl methyl sites for hydroxylation is 1. The average Bonchev–Trinajstić information content (AvgIpc) is 2.32. The summed E-state index contributed by atoms with van der Waals surface area (Å²) in [7, 11) is 0. The van der Waals surface area contributed by atoms with E-state index < -0.39 is 6.10 Å². The molecule has 88 valence electrons. The number of hydrogen-bond donors (Lipinski definition) is 1. The molecule has 2 rings (SSSR count). The SMILES string of the molecule is Cc1ccc(CC(O)c2cccc(I)c2)nc1. The molecule has 1 atom stereocenters. The maximum absolute atomic E-state index is 10.1. The zero-order valence-corrected chi connectivity index (χ0v) is 11.8. The number of nitrogens with zero attached hydrogens (tertiary/aromatic N) is 1. The summed E-state index contributed by atoms with van der Waals surface area (Å²) in [4.78, 5) is 4.30. The number of hydrogen-bond acceptors (Lipinski definition) is 2. The van der Waals surface area contributed by atoms with Gasteiger partial charge in [0.1, 0.15) is 0 Å². The minimum absolute atomic E-state index is 0.486. The van der Waals surface area contributed by atoms with Crippen LogP contribution in [0.1, 0.15) is 22.9 Å². The van der Waals surface area contributed by atoms with Crippen molar-refractivity contribution in [2.45, 2.75) is 19.4 Å². The number of benzene rings is 1. The summed E-state index contributed by atoms with van der Waals surface area (Å²) in [6.07, 6.45) is 1.90. The molecule has 0 amide bonds. The van der Waals surface area contributed by atoms with E-state index in [1.807, 2.05) is 49.5 Å². The summed E-state index contributed by atoms with van der Waals surface area (Å²) < 4.78 is 1.14. The number of pyridine rings is 1. The van der Waals surface area contributed by atoms with Crippen LogP contribution in [0.25, 0.3) is 0 Å².